The molecule has 4 heteroatoms. The number of carbonyl (C=O) groups is 1. The van der Waals surface area contributed by atoms with Crippen LogP contribution in [0.5, 0.6) is 0 Å². The molecule has 0 bridgehead atoms. The van der Waals surface area contributed by atoms with E-state index in [2.05, 4.69) is 20.9 Å². The van der Waals surface area contributed by atoms with Gasteiger partial charge >= 0.3 is 0 Å². The summed E-state index contributed by atoms with van der Waals surface area (Å²) >= 11 is 3.21. The number of halogens is 1. The molecule has 1 aromatic rings. The number of aliphatic carboxylic acids is 1. The number of pyridine rings is 1. The molecule has 0 unspecified atom stereocenters. The van der Waals surface area contributed by atoms with Crippen molar-refractivity contribution in [1.29, 1.82) is 0 Å². The molecule has 3 nitrogen and oxygen atoms in total. The SMILES string of the molecule is O=C([O-])C=Cc1cncc(Br)c1. The van der Waals surface area contributed by atoms with Crippen LogP contribution in [0.1, 0.15) is 5.56 Å². The molecule has 0 fully saturated rings. The number of nitrogens with zero attached hydrogens (tertiary/aromatic N) is 1. The fourth-order valence-electron chi connectivity index (χ4n) is 0.684. The minimum absolute atomic E-state index is 0.716. The van der Waals surface area contributed by atoms with E-state index in [4.69, 9.17) is 0 Å². The van der Waals surface area contributed by atoms with Crippen molar-refractivity contribution in [3.63, 3.8) is 0 Å². The molecule has 1 rings (SSSR count). The lowest BCUT2D eigenvalue weighted by Crippen LogP contribution is -2.18. The average Bonchev–Trinajstić information content (AvgIpc) is 2.01. The highest BCUT2D eigenvalue weighted by Gasteiger charge is 1.88. The van der Waals surface area contributed by atoms with Crippen LogP contribution in [0.4, 0.5) is 0 Å². The molecule has 0 spiro atoms. The number of carboxylic acids is 1. The van der Waals surface area contributed by atoms with Gasteiger partial charge in [-0.3, -0.25) is 4.98 Å². The molecule has 0 atom stereocenters. The van der Waals surface area contributed by atoms with Crippen LogP contribution in [-0.4, -0.2) is 11.0 Å². The quantitative estimate of drug-likeness (QED) is 0.695. The van der Waals surface area contributed by atoms with E-state index in [0.717, 1.165) is 10.5 Å². The summed E-state index contributed by atoms with van der Waals surface area (Å²) in [5.74, 6) is -1.21. The van der Waals surface area contributed by atoms with E-state index in [1.54, 1.807) is 18.5 Å². The van der Waals surface area contributed by atoms with Crippen molar-refractivity contribution in [3.05, 3.63) is 34.6 Å². The molecule has 0 aliphatic rings. The van der Waals surface area contributed by atoms with Gasteiger partial charge in [0, 0.05) is 16.9 Å². The molecular weight excluding hydrogens is 222 g/mol. The number of rotatable bonds is 2. The molecule has 0 N–H and O–H groups in total. The highest BCUT2D eigenvalue weighted by molar-refractivity contribution is 9.10. The molecule has 1 aromatic heterocycles. The lowest BCUT2D eigenvalue weighted by Gasteiger charge is -1.94. The molecule has 0 aliphatic carbocycles. The van der Waals surface area contributed by atoms with Crippen LogP contribution in [0.2, 0.25) is 0 Å². The van der Waals surface area contributed by atoms with Gasteiger partial charge in [0.05, 0.1) is 5.97 Å². The van der Waals surface area contributed by atoms with Crippen molar-refractivity contribution >= 4 is 28.0 Å². The molecular formula is C8H5BrNO2-. The number of carboxylic acid groups (broad SMARTS) is 1. The summed E-state index contributed by atoms with van der Waals surface area (Å²) in [5, 5.41) is 10.0. The van der Waals surface area contributed by atoms with Crippen LogP contribution in [0, 0.1) is 0 Å². The van der Waals surface area contributed by atoms with Crippen molar-refractivity contribution < 1.29 is 9.90 Å². The predicted octanol–water partition coefficient (Wildman–Crippen LogP) is 0.607. The van der Waals surface area contributed by atoms with E-state index in [-0.39, 0.29) is 0 Å². The fourth-order valence-corrected chi connectivity index (χ4v) is 1.07. The zero-order valence-corrected chi connectivity index (χ0v) is 7.61. The van der Waals surface area contributed by atoms with Crippen LogP contribution in [0.3, 0.4) is 0 Å². The molecule has 0 aromatic carbocycles. The van der Waals surface area contributed by atoms with Gasteiger partial charge < -0.3 is 9.90 Å². The Balaban J connectivity index is 2.83. The van der Waals surface area contributed by atoms with Gasteiger partial charge in [0.1, 0.15) is 0 Å². The molecule has 1 heterocycles. The molecule has 62 valence electrons. The van der Waals surface area contributed by atoms with Gasteiger partial charge in [-0.25, -0.2) is 0 Å². The first kappa shape index (κ1) is 8.93. The van der Waals surface area contributed by atoms with Gasteiger partial charge in [0.2, 0.25) is 0 Å². The smallest absolute Gasteiger partial charge is 0.0643 e. The van der Waals surface area contributed by atoms with Gasteiger partial charge in [0.25, 0.3) is 0 Å². The topological polar surface area (TPSA) is 53.0 Å². The van der Waals surface area contributed by atoms with E-state index in [9.17, 15) is 9.90 Å². The van der Waals surface area contributed by atoms with Crippen LogP contribution in [0.15, 0.2) is 29.0 Å². The maximum absolute atomic E-state index is 10.0. The van der Waals surface area contributed by atoms with Crippen molar-refractivity contribution in [2.45, 2.75) is 0 Å². The van der Waals surface area contributed by atoms with Crippen molar-refractivity contribution in [3.8, 4) is 0 Å². The van der Waals surface area contributed by atoms with Crippen molar-refractivity contribution in [2.24, 2.45) is 0 Å². The third-order valence-electron chi connectivity index (χ3n) is 1.14. The van der Waals surface area contributed by atoms with E-state index >= 15 is 0 Å². The molecule has 0 radical (unpaired) electrons. The number of hydrogen-bond acceptors (Lipinski definition) is 3. The largest absolute Gasteiger partial charge is 0.545 e. The molecule has 0 aliphatic heterocycles. The zero-order valence-electron chi connectivity index (χ0n) is 6.03. The Kier molecular flexibility index (Phi) is 2.99. The summed E-state index contributed by atoms with van der Waals surface area (Å²) in [6.45, 7) is 0. The van der Waals surface area contributed by atoms with Crippen LogP contribution in [0.25, 0.3) is 6.08 Å². The van der Waals surface area contributed by atoms with Gasteiger partial charge in [-0.05, 0) is 33.6 Å². The third-order valence-corrected chi connectivity index (χ3v) is 1.57. The monoisotopic (exact) mass is 226 g/mol. The van der Waals surface area contributed by atoms with Crippen molar-refractivity contribution in [2.75, 3.05) is 0 Å². The Bertz CT molecular complexity index is 323. The van der Waals surface area contributed by atoms with Crippen molar-refractivity contribution in [1.82, 2.24) is 4.98 Å². The summed E-state index contributed by atoms with van der Waals surface area (Å²) < 4.78 is 0.808. The average molecular weight is 227 g/mol. The summed E-state index contributed by atoms with van der Waals surface area (Å²) in [6, 6.07) is 1.76. The highest BCUT2D eigenvalue weighted by Crippen LogP contribution is 2.10. The highest BCUT2D eigenvalue weighted by atomic mass is 79.9. The Hall–Kier alpha value is -1.16. The standard InChI is InChI=1S/C8H6BrNO2/c9-7-3-6(4-10-5-7)1-2-8(11)12/h1-5H,(H,11,12)/p-1. The van der Waals surface area contributed by atoms with E-state index in [1.807, 2.05) is 0 Å². The Morgan fingerprint density at radius 1 is 1.58 bits per heavy atom. The number of aromatic nitrogens is 1. The van der Waals surface area contributed by atoms with Crippen LogP contribution in [-0.2, 0) is 4.79 Å². The predicted molar refractivity (Wildman–Crippen MR) is 46.0 cm³/mol. The normalized spacial score (nSPS) is 10.4. The van der Waals surface area contributed by atoms with Gasteiger partial charge in [-0.1, -0.05) is 6.08 Å². The summed E-state index contributed by atoms with van der Waals surface area (Å²) in [6.07, 6.45) is 5.57. The lowest BCUT2D eigenvalue weighted by atomic mass is 10.2. The fraction of sp³-hybridized carbons (Fsp3) is 0. The molecule has 0 amide bonds. The minimum atomic E-state index is -1.21. The van der Waals surface area contributed by atoms with Gasteiger partial charge in [-0.2, -0.15) is 0 Å². The Morgan fingerprint density at radius 2 is 2.33 bits per heavy atom. The second kappa shape index (κ2) is 4.01. The van der Waals surface area contributed by atoms with Crippen LogP contribution < -0.4 is 5.11 Å². The minimum Gasteiger partial charge on any atom is -0.545 e. The lowest BCUT2D eigenvalue weighted by molar-refractivity contribution is -0.297. The first-order valence-electron chi connectivity index (χ1n) is 3.18. The second-order valence-corrected chi connectivity index (χ2v) is 3.00. The second-order valence-electron chi connectivity index (χ2n) is 2.09. The van der Waals surface area contributed by atoms with Gasteiger partial charge in [-0.15, -0.1) is 0 Å². The first-order valence-corrected chi connectivity index (χ1v) is 3.97. The van der Waals surface area contributed by atoms with Crippen LogP contribution >= 0.6 is 15.9 Å². The summed E-state index contributed by atoms with van der Waals surface area (Å²) in [7, 11) is 0. The summed E-state index contributed by atoms with van der Waals surface area (Å²) in [5.41, 5.74) is 0.716. The first-order chi connectivity index (χ1) is 5.68. The van der Waals surface area contributed by atoms with Gasteiger partial charge in [0.15, 0.2) is 0 Å². The third kappa shape index (κ3) is 2.84. The molecule has 0 saturated heterocycles. The van der Waals surface area contributed by atoms with E-state index in [0.29, 0.717) is 5.56 Å². The Morgan fingerprint density at radius 3 is 2.92 bits per heavy atom. The number of carbonyl (C=O) groups excluding carboxylic acids is 1. The molecule has 0 saturated carbocycles. The maximum atomic E-state index is 10.0. The number of hydrogen-bond donors (Lipinski definition) is 0. The van der Waals surface area contributed by atoms with E-state index < -0.39 is 5.97 Å². The Labute approximate surface area is 77.9 Å². The zero-order chi connectivity index (χ0) is 8.97. The molecule has 12 heavy (non-hydrogen) atoms. The summed E-state index contributed by atoms with van der Waals surface area (Å²) in [4.78, 5) is 13.9. The van der Waals surface area contributed by atoms with E-state index in [1.165, 1.54) is 6.08 Å². The maximum Gasteiger partial charge on any atom is 0.0643 e.